The lowest BCUT2D eigenvalue weighted by molar-refractivity contribution is 0.530. The van der Waals surface area contributed by atoms with E-state index in [-0.39, 0.29) is 48.7 Å². The molecule has 0 aromatic heterocycles. The Morgan fingerprint density at radius 3 is 1.39 bits per heavy atom. The van der Waals surface area contributed by atoms with Crippen molar-refractivity contribution < 1.29 is 0 Å². The smallest absolute Gasteiger partial charge is 0.220 e. The number of aliphatic imine (C=N–C) groups is 4. The lowest BCUT2D eigenvalue weighted by atomic mass is 10.1. The van der Waals surface area contributed by atoms with Crippen LogP contribution in [0.25, 0.3) is 0 Å². The molecule has 2 aliphatic heterocycles. The quantitative estimate of drug-likeness (QED) is 0.546. The molecule has 154 valence electrons. The Balaban J connectivity index is 0.00000196. The maximum Gasteiger partial charge on any atom is 0.220 e. The molecular formula is C16H26Cl2N10. The van der Waals surface area contributed by atoms with Gasteiger partial charge in [-0.3, -0.25) is 9.80 Å². The Bertz CT molecular complexity index is 805. The topological polar surface area (TPSA) is 160 Å². The number of anilines is 2. The van der Waals surface area contributed by atoms with Gasteiger partial charge in [0.2, 0.25) is 23.8 Å². The minimum absolute atomic E-state index is 0. The third-order valence-electron chi connectivity index (χ3n) is 4.13. The van der Waals surface area contributed by atoms with E-state index in [2.05, 4.69) is 20.0 Å². The molecule has 12 heteroatoms. The number of hydrogen-bond donors (Lipinski definition) is 4. The molecule has 0 bridgehead atoms. The van der Waals surface area contributed by atoms with E-state index in [0.717, 1.165) is 11.4 Å². The molecule has 0 fully saturated rings. The van der Waals surface area contributed by atoms with Crippen LogP contribution in [0.3, 0.4) is 0 Å². The van der Waals surface area contributed by atoms with Gasteiger partial charge >= 0.3 is 0 Å². The van der Waals surface area contributed by atoms with E-state index in [1.54, 1.807) is 9.80 Å². The molecule has 0 atom stereocenters. The van der Waals surface area contributed by atoms with Gasteiger partial charge in [-0.2, -0.15) is 9.98 Å². The highest BCUT2D eigenvalue weighted by molar-refractivity contribution is 6.07. The summed E-state index contributed by atoms with van der Waals surface area (Å²) in [5.74, 6) is 0.833. The largest absolute Gasteiger partial charge is 0.369 e. The fourth-order valence-corrected chi connectivity index (χ4v) is 3.27. The summed E-state index contributed by atoms with van der Waals surface area (Å²) < 4.78 is 0. The minimum atomic E-state index is -0.686. The molecule has 2 aliphatic rings. The van der Waals surface area contributed by atoms with Crippen LogP contribution in [-0.2, 0) is 0 Å². The van der Waals surface area contributed by atoms with Crippen LogP contribution in [0.15, 0.2) is 44.2 Å². The Labute approximate surface area is 176 Å². The van der Waals surface area contributed by atoms with E-state index < -0.39 is 11.3 Å². The lowest BCUT2D eigenvalue weighted by Gasteiger charge is -2.41. The second kappa shape index (κ2) is 7.72. The third kappa shape index (κ3) is 4.07. The average Bonchev–Trinajstić information content (AvgIpc) is 2.43. The van der Waals surface area contributed by atoms with Crippen molar-refractivity contribution in [3.8, 4) is 0 Å². The molecule has 0 unspecified atom stereocenters. The summed E-state index contributed by atoms with van der Waals surface area (Å²) in [4.78, 5) is 20.5. The Morgan fingerprint density at radius 2 is 1.07 bits per heavy atom. The van der Waals surface area contributed by atoms with Gasteiger partial charge in [0, 0.05) is 11.4 Å². The number of nitrogens with zero attached hydrogens (tertiary/aromatic N) is 6. The third-order valence-corrected chi connectivity index (χ3v) is 4.13. The number of rotatable bonds is 2. The summed E-state index contributed by atoms with van der Waals surface area (Å²) in [6, 6.07) is 7.63. The Kier molecular flexibility index (Phi) is 6.43. The van der Waals surface area contributed by atoms with Crippen LogP contribution in [0, 0.1) is 0 Å². The summed E-state index contributed by atoms with van der Waals surface area (Å²) >= 11 is 0. The fraction of sp³-hybridized carbons (Fsp3) is 0.375. The normalized spacial score (nSPS) is 20.0. The van der Waals surface area contributed by atoms with Gasteiger partial charge in [-0.25, -0.2) is 9.98 Å². The highest BCUT2D eigenvalue weighted by Crippen LogP contribution is 2.33. The van der Waals surface area contributed by atoms with Crippen molar-refractivity contribution in [3.63, 3.8) is 0 Å². The van der Waals surface area contributed by atoms with Gasteiger partial charge in [0.05, 0.1) is 0 Å². The highest BCUT2D eigenvalue weighted by Gasteiger charge is 2.36. The predicted molar refractivity (Wildman–Crippen MR) is 121 cm³/mol. The van der Waals surface area contributed by atoms with E-state index in [1.165, 1.54) is 0 Å². The lowest BCUT2D eigenvalue weighted by Crippen LogP contribution is -2.55. The molecule has 1 aromatic carbocycles. The first-order chi connectivity index (χ1) is 12.0. The summed E-state index contributed by atoms with van der Waals surface area (Å²) in [5, 5.41) is 0. The zero-order chi connectivity index (χ0) is 19.3. The summed E-state index contributed by atoms with van der Waals surface area (Å²) in [6.45, 7) is 7.61. The van der Waals surface area contributed by atoms with Gasteiger partial charge in [-0.15, -0.1) is 24.8 Å². The van der Waals surface area contributed by atoms with Crippen molar-refractivity contribution in [1.29, 1.82) is 0 Å². The van der Waals surface area contributed by atoms with Gasteiger partial charge in [-0.05, 0) is 45.9 Å². The first-order valence-corrected chi connectivity index (χ1v) is 8.11. The molecule has 1 aromatic rings. The highest BCUT2D eigenvalue weighted by atomic mass is 35.5. The summed E-state index contributed by atoms with van der Waals surface area (Å²) in [6.07, 6.45) is 0. The second-order valence-corrected chi connectivity index (χ2v) is 7.06. The Hall–Kier alpha value is -2.72. The fourth-order valence-electron chi connectivity index (χ4n) is 3.27. The van der Waals surface area contributed by atoms with Crippen LogP contribution >= 0.6 is 24.8 Å². The van der Waals surface area contributed by atoms with Gasteiger partial charge in [0.1, 0.15) is 11.3 Å². The number of hydrogen-bond acceptors (Lipinski definition) is 10. The minimum Gasteiger partial charge on any atom is -0.369 e. The molecule has 0 saturated carbocycles. The van der Waals surface area contributed by atoms with E-state index in [0.29, 0.717) is 0 Å². The Morgan fingerprint density at radius 1 is 0.714 bits per heavy atom. The number of nitrogens with two attached hydrogens (primary N) is 4. The molecular weight excluding hydrogens is 403 g/mol. The molecule has 8 N–H and O–H groups in total. The summed E-state index contributed by atoms with van der Waals surface area (Å²) in [7, 11) is 0. The molecule has 0 spiro atoms. The average molecular weight is 429 g/mol. The van der Waals surface area contributed by atoms with E-state index in [9.17, 15) is 0 Å². The van der Waals surface area contributed by atoms with E-state index >= 15 is 0 Å². The van der Waals surface area contributed by atoms with Crippen LogP contribution < -0.4 is 32.7 Å². The van der Waals surface area contributed by atoms with Crippen LogP contribution in [0.1, 0.15) is 27.7 Å². The van der Waals surface area contributed by atoms with Crippen molar-refractivity contribution in [2.24, 2.45) is 42.9 Å². The zero-order valence-electron chi connectivity index (χ0n) is 16.1. The number of benzene rings is 1. The molecule has 0 aliphatic carbocycles. The molecule has 10 nitrogen and oxygen atoms in total. The number of guanidine groups is 4. The molecule has 0 radical (unpaired) electrons. The maximum absolute atomic E-state index is 6.12. The van der Waals surface area contributed by atoms with Crippen LogP contribution in [0.2, 0.25) is 0 Å². The molecule has 0 saturated heterocycles. The number of halogens is 2. The molecule has 2 heterocycles. The van der Waals surface area contributed by atoms with Crippen LogP contribution in [-0.4, -0.2) is 35.2 Å². The van der Waals surface area contributed by atoms with E-state index in [4.69, 9.17) is 22.9 Å². The summed E-state index contributed by atoms with van der Waals surface area (Å²) in [5.41, 5.74) is 23.9. The van der Waals surface area contributed by atoms with Crippen molar-refractivity contribution in [2.75, 3.05) is 9.80 Å². The zero-order valence-corrected chi connectivity index (χ0v) is 17.8. The van der Waals surface area contributed by atoms with Gasteiger partial charge < -0.3 is 22.9 Å². The van der Waals surface area contributed by atoms with Crippen molar-refractivity contribution in [1.82, 2.24) is 0 Å². The first-order valence-electron chi connectivity index (χ1n) is 8.11. The van der Waals surface area contributed by atoms with Gasteiger partial charge in [-0.1, -0.05) is 6.07 Å². The SMILES string of the molecule is CC1(C)N=C(N)N=C(N)N1c1cccc(N2C(N)=NC(N)=NC2(C)C)c1.Cl.Cl. The first kappa shape index (κ1) is 23.3. The van der Waals surface area contributed by atoms with Crippen molar-refractivity contribution in [2.45, 2.75) is 39.0 Å². The maximum atomic E-state index is 6.12. The standard InChI is InChI=1S/C16H24N10.2ClH/c1-15(2)23-11(17)21-13(19)25(15)9-6-5-7-10(8-9)26-14(20)22-12(18)24-16(26,3)4;;/h5-8H,1-4H3,(H4,17,19,21,23)(H4,18,20,22,24);2*1H. The molecule has 3 rings (SSSR count). The predicted octanol–water partition coefficient (Wildman–Crippen LogP) is 0.901. The van der Waals surface area contributed by atoms with Gasteiger partial charge in [0.25, 0.3) is 0 Å². The van der Waals surface area contributed by atoms with Crippen LogP contribution in [0.5, 0.6) is 0 Å². The second-order valence-electron chi connectivity index (χ2n) is 7.06. The van der Waals surface area contributed by atoms with Crippen molar-refractivity contribution in [3.05, 3.63) is 24.3 Å². The molecule has 0 amide bonds. The van der Waals surface area contributed by atoms with E-state index in [1.807, 2.05) is 52.0 Å². The molecule has 28 heavy (non-hydrogen) atoms. The van der Waals surface area contributed by atoms with Crippen molar-refractivity contribution >= 4 is 60.0 Å². The van der Waals surface area contributed by atoms with Crippen LogP contribution in [0.4, 0.5) is 11.4 Å². The van der Waals surface area contributed by atoms with Gasteiger partial charge in [0.15, 0.2) is 0 Å². The monoisotopic (exact) mass is 428 g/mol.